The molecule has 1 aromatic rings. The van der Waals surface area contributed by atoms with Gasteiger partial charge in [-0.3, -0.25) is 5.32 Å². The number of nitrogens with one attached hydrogen (secondary N) is 1. The molecular formula is C13H15F3N2O3. The van der Waals surface area contributed by atoms with E-state index in [2.05, 4.69) is 5.32 Å². The Kier molecular flexibility index (Phi) is 5.67. The molecule has 21 heavy (non-hydrogen) atoms. The number of hydrogen-bond acceptors (Lipinski definition) is 5. The van der Waals surface area contributed by atoms with Crippen molar-refractivity contribution in [3.05, 3.63) is 17.7 Å². The molecule has 0 saturated carbocycles. The molecule has 0 heterocycles. The van der Waals surface area contributed by atoms with Crippen LogP contribution in [0.5, 0.6) is 17.2 Å². The zero-order valence-electron chi connectivity index (χ0n) is 11.7. The first-order valence-corrected chi connectivity index (χ1v) is 5.86. The summed E-state index contributed by atoms with van der Waals surface area (Å²) in [4.78, 5) is 0. The summed E-state index contributed by atoms with van der Waals surface area (Å²) in [5.74, 6) is 0.718. The fraction of sp³-hybridized carbons (Fsp3) is 0.462. The van der Waals surface area contributed by atoms with Crippen LogP contribution in [-0.2, 0) is 0 Å². The van der Waals surface area contributed by atoms with Gasteiger partial charge in [-0.15, -0.1) is 0 Å². The summed E-state index contributed by atoms with van der Waals surface area (Å²) < 4.78 is 52.2. The molecule has 0 fully saturated rings. The van der Waals surface area contributed by atoms with E-state index < -0.39 is 18.8 Å². The molecule has 1 N–H and O–H groups in total. The lowest BCUT2D eigenvalue weighted by molar-refractivity contribution is -0.125. The number of alkyl halides is 3. The van der Waals surface area contributed by atoms with Gasteiger partial charge in [0.15, 0.2) is 11.5 Å². The Morgan fingerprint density at radius 1 is 1.14 bits per heavy atom. The molecule has 1 unspecified atom stereocenters. The normalized spacial score (nSPS) is 12.4. The summed E-state index contributed by atoms with van der Waals surface area (Å²) >= 11 is 0. The molecular weight excluding hydrogens is 289 g/mol. The van der Waals surface area contributed by atoms with Gasteiger partial charge in [0.2, 0.25) is 5.75 Å². The van der Waals surface area contributed by atoms with Crippen LogP contribution in [0.1, 0.15) is 11.6 Å². The van der Waals surface area contributed by atoms with Crippen molar-refractivity contribution in [2.24, 2.45) is 0 Å². The summed E-state index contributed by atoms with van der Waals surface area (Å²) in [5.41, 5.74) is 0.238. The number of nitriles is 1. The van der Waals surface area contributed by atoms with Gasteiger partial charge in [0.05, 0.1) is 33.9 Å². The summed E-state index contributed by atoms with van der Waals surface area (Å²) in [6.07, 6.45) is -4.42. The van der Waals surface area contributed by atoms with Gasteiger partial charge >= 0.3 is 6.18 Å². The quantitative estimate of drug-likeness (QED) is 0.874. The van der Waals surface area contributed by atoms with Gasteiger partial charge in [-0.2, -0.15) is 18.4 Å². The lowest BCUT2D eigenvalue weighted by Crippen LogP contribution is -2.31. The second kappa shape index (κ2) is 7.04. The van der Waals surface area contributed by atoms with E-state index in [4.69, 9.17) is 19.5 Å². The van der Waals surface area contributed by atoms with Crippen molar-refractivity contribution >= 4 is 0 Å². The molecule has 1 atom stereocenters. The zero-order valence-corrected chi connectivity index (χ0v) is 11.7. The van der Waals surface area contributed by atoms with Gasteiger partial charge in [-0.05, 0) is 12.1 Å². The molecule has 0 aliphatic heterocycles. The minimum absolute atomic E-state index is 0.151. The lowest BCUT2D eigenvalue weighted by atomic mass is 10.1. The largest absolute Gasteiger partial charge is 0.493 e. The average molecular weight is 304 g/mol. The van der Waals surface area contributed by atoms with Crippen LogP contribution in [0.3, 0.4) is 0 Å². The molecule has 0 saturated heterocycles. The van der Waals surface area contributed by atoms with Crippen LogP contribution in [-0.4, -0.2) is 34.1 Å². The lowest BCUT2D eigenvalue weighted by Gasteiger charge is -2.19. The maximum absolute atomic E-state index is 12.3. The summed E-state index contributed by atoms with van der Waals surface area (Å²) in [5, 5.41) is 11.2. The van der Waals surface area contributed by atoms with Gasteiger partial charge in [0.1, 0.15) is 6.04 Å². The molecule has 0 radical (unpaired) electrons. The highest BCUT2D eigenvalue weighted by molar-refractivity contribution is 5.57. The Hall–Kier alpha value is -2.14. The van der Waals surface area contributed by atoms with Gasteiger partial charge < -0.3 is 14.2 Å². The fourth-order valence-corrected chi connectivity index (χ4v) is 1.79. The first kappa shape index (κ1) is 16.9. The summed E-state index contributed by atoms with van der Waals surface area (Å²) in [6.45, 7) is -1.29. The minimum Gasteiger partial charge on any atom is -0.493 e. The Bertz CT molecular complexity index is 527. The zero-order chi connectivity index (χ0) is 16.0. The number of hydrogen-bond donors (Lipinski definition) is 1. The van der Waals surface area contributed by atoms with E-state index in [-0.39, 0.29) is 17.1 Å². The number of rotatable bonds is 6. The third-order valence-corrected chi connectivity index (χ3v) is 2.68. The number of ether oxygens (including phenoxy) is 3. The number of halogens is 3. The molecule has 8 heteroatoms. The maximum Gasteiger partial charge on any atom is 0.401 e. The Balaban J connectivity index is 3.18. The van der Waals surface area contributed by atoms with E-state index in [1.165, 1.54) is 33.5 Å². The van der Waals surface area contributed by atoms with Crippen LogP contribution in [0.2, 0.25) is 0 Å². The van der Waals surface area contributed by atoms with Crippen molar-refractivity contribution in [1.29, 1.82) is 5.26 Å². The Labute approximate surface area is 120 Å². The highest BCUT2D eigenvalue weighted by Crippen LogP contribution is 2.42. The number of nitrogens with zero attached hydrogens (tertiary/aromatic N) is 1. The highest BCUT2D eigenvalue weighted by atomic mass is 19.4. The van der Waals surface area contributed by atoms with E-state index in [1.54, 1.807) is 6.07 Å². The smallest absolute Gasteiger partial charge is 0.401 e. The van der Waals surface area contributed by atoms with Gasteiger partial charge in [0.25, 0.3) is 0 Å². The van der Waals surface area contributed by atoms with Crippen molar-refractivity contribution in [1.82, 2.24) is 5.32 Å². The molecule has 1 aromatic carbocycles. The topological polar surface area (TPSA) is 63.5 Å². The fourth-order valence-electron chi connectivity index (χ4n) is 1.79. The molecule has 0 aromatic heterocycles. The molecule has 0 aliphatic rings. The number of methoxy groups -OCH3 is 3. The Morgan fingerprint density at radius 2 is 1.76 bits per heavy atom. The Morgan fingerprint density at radius 3 is 2.19 bits per heavy atom. The molecule has 116 valence electrons. The SMILES string of the molecule is COc1ccc(C(C#N)NCC(F)(F)F)c(OC)c1OC. The molecule has 0 aliphatic carbocycles. The third kappa shape index (κ3) is 4.16. The first-order chi connectivity index (χ1) is 9.87. The molecule has 0 spiro atoms. The van der Waals surface area contributed by atoms with E-state index in [0.717, 1.165) is 0 Å². The van der Waals surface area contributed by atoms with Gasteiger partial charge in [-0.25, -0.2) is 0 Å². The van der Waals surface area contributed by atoms with Crippen molar-refractivity contribution < 1.29 is 27.4 Å². The van der Waals surface area contributed by atoms with Crippen LogP contribution >= 0.6 is 0 Å². The maximum atomic E-state index is 12.3. The molecule has 5 nitrogen and oxygen atoms in total. The third-order valence-electron chi connectivity index (χ3n) is 2.68. The molecule has 0 amide bonds. The van der Waals surface area contributed by atoms with E-state index in [9.17, 15) is 13.2 Å². The highest BCUT2D eigenvalue weighted by Gasteiger charge is 2.30. The van der Waals surface area contributed by atoms with Crippen LogP contribution < -0.4 is 19.5 Å². The molecule has 0 bridgehead atoms. The molecule has 1 rings (SSSR count). The average Bonchev–Trinajstić information content (AvgIpc) is 2.45. The van der Waals surface area contributed by atoms with E-state index in [0.29, 0.717) is 5.75 Å². The predicted molar refractivity (Wildman–Crippen MR) is 68.5 cm³/mol. The first-order valence-electron chi connectivity index (χ1n) is 5.86. The van der Waals surface area contributed by atoms with Crippen LogP contribution in [0.15, 0.2) is 12.1 Å². The van der Waals surface area contributed by atoms with Gasteiger partial charge in [-0.1, -0.05) is 0 Å². The van der Waals surface area contributed by atoms with Crippen molar-refractivity contribution in [2.75, 3.05) is 27.9 Å². The number of benzene rings is 1. The summed E-state index contributed by atoms with van der Waals surface area (Å²) in [7, 11) is 4.12. The van der Waals surface area contributed by atoms with Crippen LogP contribution in [0, 0.1) is 11.3 Å². The van der Waals surface area contributed by atoms with E-state index >= 15 is 0 Å². The second-order valence-corrected chi connectivity index (χ2v) is 3.98. The monoisotopic (exact) mass is 304 g/mol. The standard InChI is InChI=1S/C13H15F3N2O3/c1-19-10-5-4-8(11(20-2)12(10)21-3)9(6-17)18-7-13(14,15)16/h4-5,9,18H,7H2,1-3H3. The van der Waals surface area contributed by atoms with Crippen molar-refractivity contribution in [2.45, 2.75) is 12.2 Å². The predicted octanol–water partition coefficient (Wildman–Crippen LogP) is 2.43. The van der Waals surface area contributed by atoms with Crippen LogP contribution in [0.4, 0.5) is 13.2 Å². The summed E-state index contributed by atoms with van der Waals surface area (Å²) in [6, 6.07) is 3.53. The van der Waals surface area contributed by atoms with Gasteiger partial charge in [0, 0.05) is 5.56 Å². The second-order valence-electron chi connectivity index (χ2n) is 3.98. The van der Waals surface area contributed by atoms with Crippen molar-refractivity contribution in [3.63, 3.8) is 0 Å². The van der Waals surface area contributed by atoms with E-state index in [1.807, 2.05) is 0 Å². The van der Waals surface area contributed by atoms with Crippen LogP contribution in [0.25, 0.3) is 0 Å². The minimum atomic E-state index is -4.42. The van der Waals surface area contributed by atoms with Crippen molar-refractivity contribution in [3.8, 4) is 23.3 Å².